The molecule has 0 saturated carbocycles. The fraction of sp³-hybridized carbons (Fsp3) is 0.400. The molecule has 3 rings (SSSR count). The van der Waals surface area contributed by atoms with Crippen LogP contribution in [0.3, 0.4) is 0 Å². The van der Waals surface area contributed by atoms with E-state index < -0.39 is 10.0 Å². The van der Waals surface area contributed by atoms with Gasteiger partial charge in [-0.15, -0.1) is 0 Å². The second-order valence-corrected chi connectivity index (χ2v) is 7.38. The van der Waals surface area contributed by atoms with Crippen LogP contribution in [0.5, 0.6) is 0 Å². The highest BCUT2D eigenvalue weighted by molar-refractivity contribution is 7.88. The predicted octanol–water partition coefficient (Wildman–Crippen LogP) is 1.62. The van der Waals surface area contributed by atoms with Gasteiger partial charge in [-0.1, -0.05) is 30.3 Å². The van der Waals surface area contributed by atoms with Crippen LogP contribution in [-0.4, -0.2) is 42.4 Å². The van der Waals surface area contributed by atoms with Crippen molar-refractivity contribution < 1.29 is 13.2 Å². The standard InChI is InChI=1S/C15H19N3O3S/c1-12-9-16-15(17-12)14-10-18(7-8-21-14)22(19,20)11-13-5-3-2-4-6-13/h2-6,9,14H,7-8,10-11H2,1H3,(H,16,17)/t14-/m1/s1. The van der Waals surface area contributed by atoms with Crippen molar-refractivity contribution in [3.05, 3.63) is 53.6 Å². The second kappa shape index (κ2) is 6.20. The Balaban J connectivity index is 1.73. The fourth-order valence-corrected chi connectivity index (χ4v) is 4.03. The molecule has 0 aliphatic carbocycles. The molecule has 1 fully saturated rings. The summed E-state index contributed by atoms with van der Waals surface area (Å²) in [4.78, 5) is 7.35. The second-order valence-electron chi connectivity index (χ2n) is 5.41. The number of rotatable bonds is 4. The number of benzene rings is 1. The summed E-state index contributed by atoms with van der Waals surface area (Å²) in [6.45, 7) is 2.95. The van der Waals surface area contributed by atoms with E-state index in [9.17, 15) is 8.42 Å². The van der Waals surface area contributed by atoms with Crippen molar-refractivity contribution in [1.29, 1.82) is 0 Å². The van der Waals surface area contributed by atoms with Gasteiger partial charge in [0.1, 0.15) is 11.9 Å². The zero-order chi connectivity index (χ0) is 15.6. The Morgan fingerprint density at radius 2 is 2.14 bits per heavy atom. The lowest BCUT2D eigenvalue weighted by atomic mass is 10.2. The smallest absolute Gasteiger partial charge is 0.218 e. The number of imidazole rings is 1. The van der Waals surface area contributed by atoms with Gasteiger partial charge in [-0.25, -0.2) is 13.4 Å². The number of H-pyrrole nitrogens is 1. The van der Waals surface area contributed by atoms with E-state index in [0.717, 1.165) is 11.3 Å². The lowest BCUT2D eigenvalue weighted by Crippen LogP contribution is -2.43. The molecule has 1 N–H and O–H groups in total. The lowest BCUT2D eigenvalue weighted by Gasteiger charge is -2.31. The molecule has 1 atom stereocenters. The quantitative estimate of drug-likeness (QED) is 0.928. The van der Waals surface area contributed by atoms with Gasteiger partial charge in [-0.2, -0.15) is 4.31 Å². The fourth-order valence-electron chi connectivity index (χ4n) is 2.52. The Bertz CT molecular complexity index is 728. The van der Waals surface area contributed by atoms with Crippen molar-refractivity contribution in [3.63, 3.8) is 0 Å². The molecule has 7 heteroatoms. The Morgan fingerprint density at radius 3 is 2.82 bits per heavy atom. The molecule has 6 nitrogen and oxygen atoms in total. The molecule has 1 aromatic heterocycles. The number of aromatic amines is 1. The van der Waals surface area contributed by atoms with Gasteiger partial charge in [0.05, 0.1) is 12.4 Å². The minimum Gasteiger partial charge on any atom is -0.368 e. The van der Waals surface area contributed by atoms with Crippen LogP contribution < -0.4 is 0 Å². The molecule has 1 aromatic carbocycles. The number of nitrogens with one attached hydrogen (secondary N) is 1. The summed E-state index contributed by atoms with van der Waals surface area (Å²) in [6, 6.07) is 9.22. The number of ether oxygens (including phenoxy) is 1. The van der Waals surface area contributed by atoms with E-state index in [2.05, 4.69) is 9.97 Å². The first-order chi connectivity index (χ1) is 10.5. The number of morpholine rings is 1. The lowest BCUT2D eigenvalue weighted by molar-refractivity contribution is -0.00715. The van der Waals surface area contributed by atoms with Gasteiger partial charge in [0.2, 0.25) is 10.0 Å². The third kappa shape index (κ3) is 3.37. The SMILES string of the molecule is Cc1cnc([C@H]2CN(S(=O)(=O)Cc3ccccc3)CCO2)[nH]1. The Labute approximate surface area is 130 Å². The largest absolute Gasteiger partial charge is 0.368 e. The van der Waals surface area contributed by atoms with E-state index >= 15 is 0 Å². The summed E-state index contributed by atoms with van der Waals surface area (Å²) in [5, 5.41) is 0. The van der Waals surface area contributed by atoms with Gasteiger partial charge in [-0.3, -0.25) is 0 Å². The van der Waals surface area contributed by atoms with Crippen molar-refractivity contribution in [2.75, 3.05) is 19.7 Å². The van der Waals surface area contributed by atoms with E-state index in [1.807, 2.05) is 37.3 Å². The number of hydrogen-bond donors (Lipinski definition) is 1. The summed E-state index contributed by atoms with van der Waals surface area (Å²) in [5.41, 5.74) is 1.72. The summed E-state index contributed by atoms with van der Waals surface area (Å²) in [6.07, 6.45) is 1.38. The maximum Gasteiger partial charge on any atom is 0.218 e. The van der Waals surface area contributed by atoms with Gasteiger partial charge in [0.25, 0.3) is 0 Å². The third-order valence-corrected chi connectivity index (χ3v) is 5.46. The number of hydrogen-bond acceptors (Lipinski definition) is 4. The summed E-state index contributed by atoms with van der Waals surface area (Å²) in [7, 11) is -3.36. The van der Waals surface area contributed by atoms with Crippen LogP contribution in [0.15, 0.2) is 36.5 Å². The molecule has 2 aromatic rings. The molecule has 1 aliphatic heterocycles. The summed E-state index contributed by atoms with van der Waals surface area (Å²) < 4.78 is 32.3. The van der Waals surface area contributed by atoms with Crippen LogP contribution in [0.4, 0.5) is 0 Å². The zero-order valence-corrected chi connectivity index (χ0v) is 13.2. The summed E-state index contributed by atoms with van der Waals surface area (Å²) in [5.74, 6) is 0.690. The first kappa shape index (κ1) is 15.2. The highest BCUT2D eigenvalue weighted by Crippen LogP contribution is 2.23. The summed E-state index contributed by atoms with van der Waals surface area (Å²) >= 11 is 0. The first-order valence-corrected chi connectivity index (χ1v) is 8.80. The van der Waals surface area contributed by atoms with Crippen LogP contribution in [0, 0.1) is 6.92 Å². The number of nitrogens with zero attached hydrogens (tertiary/aromatic N) is 2. The van der Waals surface area contributed by atoms with E-state index in [1.165, 1.54) is 4.31 Å². The molecule has 0 radical (unpaired) electrons. The molecule has 1 aliphatic rings. The maximum atomic E-state index is 12.6. The van der Waals surface area contributed by atoms with E-state index in [1.54, 1.807) is 6.20 Å². The highest BCUT2D eigenvalue weighted by atomic mass is 32.2. The highest BCUT2D eigenvalue weighted by Gasteiger charge is 2.31. The topological polar surface area (TPSA) is 75.3 Å². The van der Waals surface area contributed by atoms with Crippen molar-refractivity contribution in [2.45, 2.75) is 18.8 Å². The van der Waals surface area contributed by atoms with Crippen molar-refractivity contribution >= 4 is 10.0 Å². The molecule has 118 valence electrons. The van der Waals surface area contributed by atoms with Crippen molar-refractivity contribution in [1.82, 2.24) is 14.3 Å². The molecule has 1 saturated heterocycles. The van der Waals surface area contributed by atoms with Gasteiger partial charge in [0.15, 0.2) is 0 Å². The molecule has 2 heterocycles. The number of aryl methyl sites for hydroxylation is 1. The molecule has 0 unspecified atom stereocenters. The van der Waals surface area contributed by atoms with Gasteiger partial charge in [0, 0.05) is 25.0 Å². The average Bonchev–Trinajstić information content (AvgIpc) is 2.95. The Hall–Kier alpha value is -1.70. The van der Waals surface area contributed by atoms with Crippen molar-refractivity contribution in [3.8, 4) is 0 Å². The third-order valence-electron chi connectivity index (χ3n) is 3.64. The van der Waals surface area contributed by atoms with E-state index in [4.69, 9.17) is 4.74 Å². The minimum absolute atomic E-state index is 0.0116. The molecule has 0 amide bonds. The molecule has 0 spiro atoms. The van der Waals surface area contributed by atoms with Gasteiger partial charge in [-0.05, 0) is 12.5 Å². The monoisotopic (exact) mass is 321 g/mol. The Morgan fingerprint density at radius 1 is 1.36 bits per heavy atom. The Kier molecular flexibility index (Phi) is 4.28. The zero-order valence-electron chi connectivity index (χ0n) is 12.4. The number of aromatic nitrogens is 2. The normalized spacial score (nSPS) is 20.1. The molecular weight excluding hydrogens is 302 g/mol. The van der Waals surface area contributed by atoms with Crippen LogP contribution in [0.2, 0.25) is 0 Å². The molecule has 22 heavy (non-hydrogen) atoms. The van der Waals surface area contributed by atoms with E-state index in [-0.39, 0.29) is 11.9 Å². The van der Waals surface area contributed by atoms with E-state index in [0.29, 0.717) is 25.5 Å². The van der Waals surface area contributed by atoms with Crippen LogP contribution in [0.1, 0.15) is 23.2 Å². The van der Waals surface area contributed by atoms with Crippen LogP contribution >= 0.6 is 0 Å². The maximum absolute atomic E-state index is 12.6. The van der Waals surface area contributed by atoms with Crippen molar-refractivity contribution in [2.24, 2.45) is 0 Å². The van der Waals surface area contributed by atoms with Gasteiger partial charge < -0.3 is 9.72 Å². The average molecular weight is 321 g/mol. The molecule has 0 bridgehead atoms. The van der Waals surface area contributed by atoms with Crippen LogP contribution in [0.25, 0.3) is 0 Å². The first-order valence-electron chi connectivity index (χ1n) is 7.19. The van der Waals surface area contributed by atoms with Gasteiger partial charge >= 0.3 is 0 Å². The minimum atomic E-state index is -3.36. The van der Waals surface area contributed by atoms with Crippen LogP contribution in [-0.2, 0) is 20.5 Å². The predicted molar refractivity (Wildman–Crippen MR) is 82.7 cm³/mol. The molecular formula is C15H19N3O3S. The number of sulfonamides is 1.